The van der Waals surface area contributed by atoms with Gasteiger partial charge < -0.3 is 9.80 Å². The minimum Gasteiger partial charge on any atom is -0.327 e. The number of halogens is 2. The van der Waals surface area contributed by atoms with Crippen LogP contribution >= 0.6 is 11.6 Å². The zero-order valence-corrected chi connectivity index (χ0v) is 13.9. The first-order valence-corrected chi connectivity index (χ1v) is 7.95. The van der Waals surface area contributed by atoms with Crippen LogP contribution in [0.1, 0.15) is 15.9 Å². The summed E-state index contributed by atoms with van der Waals surface area (Å²) in [5.41, 5.74) is 1.79. The third-order valence-corrected chi connectivity index (χ3v) is 4.25. The van der Waals surface area contributed by atoms with Crippen molar-refractivity contribution in [1.82, 2.24) is 4.90 Å². The number of piperazine rings is 1. The predicted octanol–water partition coefficient (Wildman–Crippen LogP) is 3.28. The van der Waals surface area contributed by atoms with Crippen molar-refractivity contribution in [2.24, 2.45) is 0 Å². The van der Waals surface area contributed by atoms with Gasteiger partial charge in [-0.05, 0) is 37.3 Å². The average Bonchev–Trinajstić information content (AvgIpc) is 2.57. The third kappa shape index (κ3) is 3.26. The molecule has 0 radical (unpaired) electrons. The van der Waals surface area contributed by atoms with Crippen LogP contribution in [0.15, 0.2) is 42.5 Å². The molecule has 1 aliphatic rings. The van der Waals surface area contributed by atoms with E-state index in [1.165, 1.54) is 17.0 Å². The summed E-state index contributed by atoms with van der Waals surface area (Å²) < 4.78 is 13.9. The van der Waals surface area contributed by atoms with E-state index in [2.05, 4.69) is 0 Å². The maximum atomic E-state index is 13.9. The Morgan fingerprint density at radius 1 is 1.12 bits per heavy atom. The van der Waals surface area contributed by atoms with Crippen molar-refractivity contribution in [2.75, 3.05) is 24.5 Å². The van der Waals surface area contributed by atoms with E-state index in [4.69, 9.17) is 11.6 Å². The second-order valence-electron chi connectivity index (χ2n) is 5.73. The Kier molecular flexibility index (Phi) is 4.53. The molecule has 1 fully saturated rings. The van der Waals surface area contributed by atoms with Crippen LogP contribution in [-0.2, 0) is 4.79 Å². The first-order valence-electron chi connectivity index (χ1n) is 7.57. The maximum absolute atomic E-state index is 13.9. The Hall–Kier alpha value is -2.40. The zero-order valence-electron chi connectivity index (χ0n) is 13.1. The summed E-state index contributed by atoms with van der Waals surface area (Å²) >= 11 is 5.83. The molecular weight excluding hydrogens is 331 g/mol. The molecule has 0 aromatic heterocycles. The van der Waals surface area contributed by atoms with Gasteiger partial charge in [-0.15, -0.1) is 0 Å². The number of hydrogen-bond acceptors (Lipinski definition) is 2. The molecule has 2 amide bonds. The Bertz CT molecular complexity index is 792. The average molecular weight is 347 g/mol. The molecule has 0 saturated carbocycles. The highest BCUT2D eigenvalue weighted by molar-refractivity contribution is 6.31. The Labute approximate surface area is 144 Å². The minimum absolute atomic E-state index is 0.0847. The summed E-state index contributed by atoms with van der Waals surface area (Å²) in [6.45, 7) is 2.60. The van der Waals surface area contributed by atoms with E-state index < -0.39 is 11.7 Å². The van der Waals surface area contributed by atoms with Gasteiger partial charge in [0, 0.05) is 23.8 Å². The van der Waals surface area contributed by atoms with Crippen LogP contribution in [0.4, 0.5) is 10.1 Å². The maximum Gasteiger partial charge on any atom is 0.257 e. The molecule has 0 spiro atoms. The van der Waals surface area contributed by atoms with Crippen LogP contribution in [0.5, 0.6) is 0 Å². The van der Waals surface area contributed by atoms with Crippen LogP contribution in [0.2, 0.25) is 5.02 Å². The van der Waals surface area contributed by atoms with Crippen LogP contribution in [0, 0.1) is 12.7 Å². The van der Waals surface area contributed by atoms with Crippen molar-refractivity contribution in [3.8, 4) is 0 Å². The highest BCUT2D eigenvalue weighted by Crippen LogP contribution is 2.21. The Morgan fingerprint density at radius 3 is 2.50 bits per heavy atom. The van der Waals surface area contributed by atoms with Gasteiger partial charge in [-0.3, -0.25) is 9.59 Å². The summed E-state index contributed by atoms with van der Waals surface area (Å²) in [6, 6.07) is 11.4. The van der Waals surface area contributed by atoms with Crippen molar-refractivity contribution in [1.29, 1.82) is 0 Å². The van der Waals surface area contributed by atoms with Gasteiger partial charge in [0.25, 0.3) is 5.91 Å². The minimum atomic E-state index is -0.641. The fourth-order valence-corrected chi connectivity index (χ4v) is 2.85. The first kappa shape index (κ1) is 16.5. The Morgan fingerprint density at radius 2 is 1.83 bits per heavy atom. The highest BCUT2D eigenvalue weighted by Gasteiger charge is 2.29. The van der Waals surface area contributed by atoms with E-state index in [1.807, 2.05) is 31.2 Å². The smallest absolute Gasteiger partial charge is 0.257 e. The van der Waals surface area contributed by atoms with Gasteiger partial charge in [0.05, 0.1) is 5.56 Å². The number of rotatable bonds is 2. The van der Waals surface area contributed by atoms with Gasteiger partial charge in [-0.2, -0.15) is 0 Å². The number of aryl methyl sites for hydroxylation is 1. The molecular formula is C18H16ClFN2O2. The lowest BCUT2D eigenvalue weighted by Gasteiger charge is -2.34. The van der Waals surface area contributed by atoms with E-state index in [1.54, 1.807) is 4.90 Å². The van der Waals surface area contributed by atoms with Gasteiger partial charge in [0.2, 0.25) is 5.91 Å². The molecule has 0 aliphatic carbocycles. The van der Waals surface area contributed by atoms with E-state index in [0.29, 0.717) is 13.1 Å². The summed E-state index contributed by atoms with van der Waals surface area (Å²) in [5, 5.41) is 0.282. The molecule has 3 rings (SSSR count). The summed E-state index contributed by atoms with van der Waals surface area (Å²) in [7, 11) is 0. The van der Waals surface area contributed by atoms with Gasteiger partial charge in [0.1, 0.15) is 12.4 Å². The van der Waals surface area contributed by atoms with Gasteiger partial charge in [-0.25, -0.2) is 4.39 Å². The number of hydrogen-bond donors (Lipinski definition) is 0. The fraction of sp³-hybridized carbons (Fsp3) is 0.222. The summed E-state index contributed by atoms with van der Waals surface area (Å²) in [4.78, 5) is 27.8. The molecule has 0 bridgehead atoms. The molecule has 1 aliphatic heterocycles. The summed E-state index contributed by atoms with van der Waals surface area (Å²) in [6.07, 6.45) is 0. The fourth-order valence-electron chi connectivity index (χ4n) is 2.68. The van der Waals surface area contributed by atoms with Gasteiger partial charge >= 0.3 is 0 Å². The standard InChI is InChI=1S/C18H16ClFN2O2/c1-12-2-5-14(6-3-12)22-9-8-21(11-17(22)23)18(24)15-10-13(19)4-7-16(15)20/h2-7,10H,8-9,11H2,1H3. The van der Waals surface area contributed by atoms with E-state index in [-0.39, 0.29) is 23.0 Å². The third-order valence-electron chi connectivity index (χ3n) is 4.01. The lowest BCUT2D eigenvalue weighted by molar-refractivity contribution is -0.120. The number of nitrogens with zero attached hydrogens (tertiary/aromatic N) is 2. The van der Waals surface area contributed by atoms with E-state index in [9.17, 15) is 14.0 Å². The number of amides is 2. The normalized spacial score (nSPS) is 14.9. The largest absolute Gasteiger partial charge is 0.327 e. The lowest BCUT2D eigenvalue weighted by atomic mass is 10.1. The number of carbonyl (C=O) groups excluding carboxylic acids is 2. The molecule has 0 N–H and O–H groups in total. The molecule has 0 atom stereocenters. The highest BCUT2D eigenvalue weighted by atomic mass is 35.5. The quantitative estimate of drug-likeness (QED) is 0.837. The number of anilines is 1. The van der Waals surface area contributed by atoms with Crippen molar-refractivity contribution < 1.29 is 14.0 Å². The lowest BCUT2D eigenvalue weighted by Crippen LogP contribution is -2.52. The summed E-state index contributed by atoms with van der Waals surface area (Å²) in [5.74, 6) is -1.36. The second-order valence-corrected chi connectivity index (χ2v) is 6.17. The monoisotopic (exact) mass is 346 g/mol. The molecule has 2 aromatic carbocycles. The molecule has 4 nitrogen and oxygen atoms in total. The van der Waals surface area contributed by atoms with Crippen LogP contribution in [-0.4, -0.2) is 36.3 Å². The van der Waals surface area contributed by atoms with Gasteiger partial charge in [-0.1, -0.05) is 29.3 Å². The van der Waals surface area contributed by atoms with Crippen molar-refractivity contribution in [2.45, 2.75) is 6.92 Å². The van der Waals surface area contributed by atoms with Crippen molar-refractivity contribution >= 4 is 29.1 Å². The topological polar surface area (TPSA) is 40.6 Å². The zero-order chi connectivity index (χ0) is 17.3. The molecule has 1 heterocycles. The van der Waals surface area contributed by atoms with Crippen molar-refractivity contribution in [3.05, 3.63) is 64.4 Å². The first-order chi connectivity index (χ1) is 11.5. The van der Waals surface area contributed by atoms with Crippen LogP contribution < -0.4 is 4.90 Å². The Balaban J connectivity index is 1.75. The molecule has 124 valence electrons. The predicted molar refractivity (Wildman–Crippen MR) is 90.8 cm³/mol. The molecule has 2 aromatic rings. The van der Waals surface area contributed by atoms with Gasteiger partial charge in [0.15, 0.2) is 0 Å². The van der Waals surface area contributed by atoms with Crippen LogP contribution in [0.25, 0.3) is 0 Å². The molecule has 0 unspecified atom stereocenters. The molecule has 1 saturated heterocycles. The van der Waals surface area contributed by atoms with Crippen molar-refractivity contribution in [3.63, 3.8) is 0 Å². The number of benzene rings is 2. The molecule has 6 heteroatoms. The van der Waals surface area contributed by atoms with Crippen LogP contribution in [0.3, 0.4) is 0 Å². The SMILES string of the molecule is Cc1ccc(N2CCN(C(=O)c3cc(Cl)ccc3F)CC2=O)cc1. The second kappa shape index (κ2) is 6.61. The number of carbonyl (C=O) groups is 2. The van der Waals surface area contributed by atoms with E-state index in [0.717, 1.165) is 17.3 Å². The molecule has 24 heavy (non-hydrogen) atoms. The van der Waals surface area contributed by atoms with E-state index >= 15 is 0 Å².